The first-order valence-electron chi connectivity index (χ1n) is 15.2. The molecule has 228 valence electrons. The van der Waals surface area contributed by atoms with Crippen molar-refractivity contribution in [1.82, 2.24) is 4.98 Å². The molecule has 1 amide bonds. The molecule has 1 fully saturated rings. The molecule has 3 N–H and O–H groups in total. The van der Waals surface area contributed by atoms with Crippen LogP contribution in [0.3, 0.4) is 0 Å². The van der Waals surface area contributed by atoms with E-state index in [0.717, 1.165) is 54.7 Å². The van der Waals surface area contributed by atoms with Crippen molar-refractivity contribution in [3.05, 3.63) is 113 Å². The van der Waals surface area contributed by atoms with Crippen LogP contribution in [0.15, 0.2) is 91.1 Å². The Kier molecular flexibility index (Phi) is 11.1. The molecule has 44 heavy (non-hydrogen) atoms. The van der Waals surface area contributed by atoms with Crippen LogP contribution >= 0.6 is 11.8 Å². The van der Waals surface area contributed by atoms with E-state index < -0.39 is 12.1 Å². The maximum absolute atomic E-state index is 13.5. The molecule has 0 spiro atoms. The molecule has 1 atom stereocenters. The van der Waals surface area contributed by atoms with Crippen LogP contribution in [0, 0.1) is 0 Å². The van der Waals surface area contributed by atoms with Gasteiger partial charge in [0.2, 0.25) is 0 Å². The fraction of sp³-hybridized carbons (Fsp3) is 0.306. The lowest BCUT2D eigenvalue weighted by molar-refractivity contribution is -0.136. The van der Waals surface area contributed by atoms with Crippen molar-refractivity contribution in [2.45, 2.75) is 50.4 Å². The molecular formula is C36H39N3O4S. The van der Waals surface area contributed by atoms with Gasteiger partial charge in [0, 0.05) is 47.6 Å². The average Bonchev–Trinajstić information content (AvgIpc) is 3.06. The van der Waals surface area contributed by atoms with Crippen molar-refractivity contribution >= 4 is 35.0 Å². The zero-order valence-corrected chi connectivity index (χ0v) is 25.6. The number of amides is 1. The number of piperidine rings is 1. The van der Waals surface area contributed by atoms with E-state index in [1.165, 1.54) is 23.7 Å². The second-order valence-electron chi connectivity index (χ2n) is 11.1. The van der Waals surface area contributed by atoms with Gasteiger partial charge in [-0.05, 0) is 91.3 Å². The number of carbonyl (C=O) groups excluding carboxylic acids is 1. The SMILES string of the molecule is O=C(O)CCSCc1cccc(C(=O)Nc2ccc(N3CCCCC3)cc2-c2cc(C(O)CCc3ccccc3)ccn2)c1. The summed E-state index contributed by atoms with van der Waals surface area (Å²) in [7, 11) is 0. The summed E-state index contributed by atoms with van der Waals surface area (Å²) in [5.41, 5.74) is 6.72. The number of thioether (sulfide) groups is 1. The number of carboxylic acids is 1. The highest BCUT2D eigenvalue weighted by Gasteiger charge is 2.18. The number of benzene rings is 3. The number of carboxylic acid groups (broad SMARTS) is 1. The topological polar surface area (TPSA) is 103 Å². The van der Waals surface area contributed by atoms with Crippen LogP contribution in [0.2, 0.25) is 0 Å². The highest BCUT2D eigenvalue weighted by atomic mass is 32.2. The Morgan fingerprint density at radius 2 is 1.70 bits per heavy atom. The minimum absolute atomic E-state index is 0.111. The van der Waals surface area contributed by atoms with Crippen molar-refractivity contribution in [2.24, 2.45) is 0 Å². The number of hydrogen-bond acceptors (Lipinski definition) is 6. The molecule has 1 unspecified atom stereocenters. The van der Waals surface area contributed by atoms with E-state index in [9.17, 15) is 14.7 Å². The highest BCUT2D eigenvalue weighted by Crippen LogP contribution is 2.34. The van der Waals surface area contributed by atoms with Gasteiger partial charge in [0.05, 0.1) is 23.9 Å². The molecule has 0 radical (unpaired) electrons. The van der Waals surface area contributed by atoms with E-state index in [1.807, 2.05) is 54.6 Å². The molecule has 1 saturated heterocycles. The number of aliphatic carboxylic acids is 1. The smallest absolute Gasteiger partial charge is 0.304 e. The molecule has 1 aliphatic rings. The summed E-state index contributed by atoms with van der Waals surface area (Å²) in [5, 5.41) is 23.1. The summed E-state index contributed by atoms with van der Waals surface area (Å²) in [5.74, 6) is 0.113. The first kappa shape index (κ1) is 31.3. The molecule has 0 saturated carbocycles. The quantitative estimate of drug-likeness (QED) is 0.136. The number of nitrogens with zero attached hydrogens (tertiary/aromatic N) is 2. The summed E-state index contributed by atoms with van der Waals surface area (Å²) in [6.45, 7) is 1.99. The zero-order chi connectivity index (χ0) is 30.7. The number of anilines is 2. The van der Waals surface area contributed by atoms with Crippen molar-refractivity contribution in [3.8, 4) is 11.3 Å². The number of aliphatic hydroxyl groups is 1. The maximum atomic E-state index is 13.5. The lowest BCUT2D eigenvalue weighted by Gasteiger charge is -2.29. The molecule has 4 aromatic rings. The van der Waals surface area contributed by atoms with Gasteiger partial charge in [-0.2, -0.15) is 11.8 Å². The van der Waals surface area contributed by atoms with Gasteiger partial charge in [-0.1, -0.05) is 42.5 Å². The third-order valence-electron chi connectivity index (χ3n) is 7.88. The lowest BCUT2D eigenvalue weighted by atomic mass is 9.99. The van der Waals surface area contributed by atoms with Crippen LogP contribution in [-0.4, -0.2) is 45.9 Å². The van der Waals surface area contributed by atoms with Crippen LogP contribution in [0.4, 0.5) is 11.4 Å². The number of nitrogens with one attached hydrogen (secondary N) is 1. The largest absolute Gasteiger partial charge is 0.481 e. The number of aliphatic hydroxyl groups excluding tert-OH is 1. The van der Waals surface area contributed by atoms with Gasteiger partial charge in [-0.15, -0.1) is 0 Å². The minimum atomic E-state index is -0.811. The number of hydrogen-bond donors (Lipinski definition) is 3. The summed E-state index contributed by atoms with van der Waals surface area (Å²) < 4.78 is 0. The normalized spacial score (nSPS) is 13.8. The van der Waals surface area contributed by atoms with Gasteiger partial charge >= 0.3 is 5.97 Å². The molecule has 1 aliphatic heterocycles. The highest BCUT2D eigenvalue weighted by molar-refractivity contribution is 7.98. The predicted molar refractivity (Wildman–Crippen MR) is 178 cm³/mol. The third kappa shape index (κ3) is 8.71. The fourth-order valence-corrected chi connectivity index (χ4v) is 6.34. The Balaban J connectivity index is 1.37. The molecule has 5 rings (SSSR count). The zero-order valence-electron chi connectivity index (χ0n) is 24.8. The molecule has 0 aliphatic carbocycles. The van der Waals surface area contributed by atoms with Gasteiger partial charge < -0.3 is 20.4 Å². The van der Waals surface area contributed by atoms with E-state index in [0.29, 0.717) is 34.9 Å². The molecule has 0 bridgehead atoms. The maximum Gasteiger partial charge on any atom is 0.304 e. The molecule has 7 nitrogen and oxygen atoms in total. The predicted octanol–water partition coefficient (Wildman–Crippen LogP) is 7.37. The van der Waals surface area contributed by atoms with Crippen LogP contribution < -0.4 is 10.2 Å². The van der Waals surface area contributed by atoms with Gasteiger partial charge in [-0.25, -0.2) is 0 Å². The molecular weight excluding hydrogens is 570 g/mol. The van der Waals surface area contributed by atoms with Crippen molar-refractivity contribution in [2.75, 3.05) is 29.1 Å². The van der Waals surface area contributed by atoms with E-state index >= 15 is 0 Å². The first-order chi connectivity index (χ1) is 21.5. The lowest BCUT2D eigenvalue weighted by Crippen LogP contribution is -2.29. The Morgan fingerprint density at radius 1 is 0.909 bits per heavy atom. The van der Waals surface area contributed by atoms with Gasteiger partial charge in [-0.3, -0.25) is 14.6 Å². The van der Waals surface area contributed by atoms with Gasteiger partial charge in [0.1, 0.15) is 0 Å². The van der Waals surface area contributed by atoms with Gasteiger partial charge in [0.15, 0.2) is 0 Å². The number of carbonyl (C=O) groups is 2. The summed E-state index contributed by atoms with van der Waals surface area (Å²) in [6, 6.07) is 27.5. The van der Waals surface area contributed by atoms with Crippen LogP contribution in [-0.2, 0) is 17.0 Å². The Bertz CT molecular complexity index is 1560. The van der Waals surface area contributed by atoms with Crippen molar-refractivity contribution < 1.29 is 19.8 Å². The van der Waals surface area contributed by atoms with Crippen molar-refractivity contribution in [1.29, 1.82) is 0 Å². The van der Waals surface area contributed by atoms with E-state index in [2.05, 4.69) is 39.5 Å². The van der Waals surface area contributed by atoms with Crippen molar-refractivity contribution in [3.63, 3.8) is 0 Å². The van der Waals surface area contributed by atoms with E-state index in [-0.39, 0.29) is 12.3 Å². The van der Waals surface area contributed by atoms with Crippen LogP contribution in [0.1, 0.15) is 65.3 Å². The molecule has 8 heteroatoms. The average molecular weight is 610 g/mol. The third-order valence-corrected chi connectivity index (χ3v) is 8.91. The number of pyridine rings is 1. The second kappa shape index (κ2) is 15.5. The number of rotatable bonds is 13. The van der Waals surface area contributed by atoms with Crippen LogP contribution in [0.5, 0.6) is 0 Å². The summed E-state index contributed by atoms with van der Waals surface area (Å²) in [6.07, 6.45) is 6.09. The number of aromatic nitrogens is 1. The summed E-state index contributed by atoms with van der Waals surface area (Å²) >= 11 is 1.53. The van der Waals surface area contributed by atoms with Crippen LogP contribution in [0.25, 0.3) is 11.3 Å². The first-order valence-corrected chi connectivity index (χ1v) is 16.4. The minimum Gasteiger partial charge on any atom is -0.481 e. The monoisotopic (exact) mass is 609 g/mol. The second-order valence-corrected chi connectivity index (χ2v) is 12.2. The summed E-state index contributed by atoms with van der Waals surface area (Å²) in [4.78, 5) is 31.4. The Morgan fingerprint density at radius 3 is 2.50 bits per heavy atom. The Hall–Kier alpha value is -4.14. The molecule has 2 heterocycles. The van der Waals surface area contributed by atoms with Gasteiger partial charge in [0.25, 0.3) is 5.91 Å². The standard InChI is InChI=1S/C36H39N3O4S/c40-34(15-12-26-8-3-1-4-9-26)28-16-18-37-33(23-28)31-24-30(39-19-5-2-6-20-39)13-14-32(31)38-36(43)29-11-7-10-27(22-29)25-44-21-17-35(41)42/h1,3-4,7-11,13-14,16,18,22-24,34,40H,2,5-6,12,15,17,19-21,25H2,(H,38,43)(H,41,42). The fourth-order valence-electron chi connectivity index (χ4n) is 5.46. The molecule has 3 aromatic carbocycles. The van der Waals surface area contributed by atoms with E-state index in [1.54, 1.807) is 12.3 Å². The van der Waals surface area contributed by atoms with E-state index in [4.69, 9.17) is 5.11 Å². The Labute approximate surface area is 263 Å². The molecule has 1 aromatic heterocycles. The number of aryl methyl sites for hydroxylation is 1.